The fourth-order valence-corrected chi connectivity index (χ4v) is 8.39. The number of aromatic hydroxyl groups is 2. The Kier molecular flexibility index (Phi) is 12.0. The van der Waals surface area contributed by atoms with E-state index in [4.69, 9.17) is 23.2 Å². The minimum atomic E-state index is -1.21. The predicted molar refractivity (Wildman–Crippen MR) is 221 cm³/mol. The maximum Gasteiger partial charge on any atom is 0.277 e. The first-order chi connectivity index (χ1) is 30.4. The van der Waals surface area contributed by atoms with Gasteiger partial charge in [-0.1, -0.05) is 23.2 Å². The Labute approximate surface area is 369 Å². The molecule has 8 rings (SSSR count). The molecule has 2 aromatic carbocycles. The molecule has 6 heterocycles. The van der Waals surface area contributed by atoms with Crippen LogP contribution in [0.5, 0.6) is 11.5 Å². The van der Waals surface area contributed by atoms with E-state index in [0.29, 0.717) is 26.2 Å². The van der Waals surface area contributed by atoms with Crippen molar-refractivity contribution < 1.29 is 47.0 Å². The molecule has 0 unspecified atom stereocenters. The smallest absolute Gasteiger partial charge is 0.277 e. The molecule has 0 saturated carbocycles. The summed E-state index contributed by atoms with van der Waals surface area (Å²) in [7, 11) is 1.87. The van der Waals surface area contributed by atoms with Crippen LogP contribution in [-0.4, -0.2) is 136 Å². The molecule has 2 saturated heterocycles. The Balaban J connectivity index is 0.989. The number of carbonyl (C=O) groups excluding carboxylic acids is 4. The summed E-state index contributed by atoms with van der Waals surface area (Å²) < 4.78 is 62.8. The van der Waals surface area contributed by atoms with Crippen LogP contribution in [0, 0.1) is 23.3 Å². The van der Waals surface area contributed by atoms with Gasteiger partial charge in [-0.25, -0.2) is 17.6 Å². The maximum atomic E-state index is 16.2. The second-order valence-corrected chi connectivity index (χ2v) is 16.4. The summed E-state index contributed by atoms with van der Waals surface area (Å²) in [6, 6.07) is 2.96. The number of nitrogens with one attached hydrogen (secondary N) is 2. The van der Waals surface area contributed by atoms with Crippen LogP contribution in [0.15, 0.2) is 40.2 Å². The van der Waals surface area contributed by atoms with Crippen LogP contribution in [0.25, 0.3) is 0 Å². The largest absolute Gasteiger partial charge is 0.502 e. The normalized spacial score (nSPS) is 16.7. The van der Waals surface area contributed by atoms with Gasteiger partial charge in [0, 0.05) is 101 Å². The van der Waals surface area contributed by atoms with Crippen molar-refractivity contribution >= 4 is 46.8 Å². The van der Waals surface area contributed by atoms with Crippen molar-refractivity contribution in [3.05, 3.63) is 124 Å². The Morgan fingerprint density at radius 2 is 1.14 bits per heavy atom. The third-order valence-electron chi connectivity index (χ3n) is 11.6. The molecule has 0 spiro atoms. The summed E-state index contributed by atoms with van der Waals surface area (Å²) in [6.45, 7) is 0.579. The molecule has 4 aliphatic heterocycles. The zero-order valence-electron chi connectivity index (χ0n) is 33.8. The molecule has 4 aliphatic rings. The van der Waals surface area contributed by atoms with E-state index in [9.17, 15) is 47.8 Å². The Morgan fingerprint density at radius 3 is 1.72 bits per heavy atom. The molecule has 0 aliphatic carbocycles. The summed E-state index contributed by atoms with van der Waals surface area (Å²) in [5.41, 5.74) is -5.64. The fourth-order valence-electron chi connectivity index (χ4n) is 7.97. The van der Waals surface area contributed by atoms with Gasteiger partial charge >= 0.3 is 0 Å². The highest BCUT2D eigenvalue weighted by Crippen LogP contribution is 2.29. The zero-order chi connectivity index (χ0) is 45.9. The van der Waals surface area contributed by atoms with E-state index < -0.39 is 120 Å². The average molecular weight is 934 g/mol. The number of fused-ring (bicyclic) bond motifs is 8. The number of hydrogen-bond donors (Lipinski definition) is 4. The van der Waals surface area contributed by atoms with E-state index in [1.54, 1.807) is 9.91 Å². The van der Waals surface area contributed by atoms with Crippen LogP contribution in [0.3, 0.4) is 0 Å². The van der Waals surface area contributed by atoms with Gasteiger partial charge in [0.1, 0.15) is 47.7 Å². The second kappa shape index (κ2) is 17.3. The van der Waals surface area contributed by atoms with Gasteiger partial charge in [0.15, 0.2) is 22.9 Å². The van der Waals surface area contributed by atoms with E-state index in [1.807, 2.05) is 11.9 Å². The number of carbonyl (C=O) groups is 4. The van der Waals surface area contributed by atoms with E-state index in [2.05, 4.69) is 10.6 Å². The molecule has 4 aromatic rings. The lowest BCUT2D eigenvalue weighted by Gasteiger charge is -2.43. The molecule has 4 amide bonds. The highest BCUT2D eigenvalue weighted by Gasteiger charge is 2.38. The van der Waals surface area contributed by atoms with Crippen LogP contribution in [-0.2, 0) is 19.6 Å². The molecule has 2 aromatic heterocycles. The molecule has 2 fully saturated rings. The first kappa shape index (κ1) is 44.3. The number of pyridine rings is 2. The highest BCUT2D eigenvalue weighted by molar-refractivity contribution is 6.31. The van der Waals surface area contributed by atoms with Gasteiger partial charge in [-0.3, -0.25) is 53.0 Å². The predicted octanol–water partition coefficient (Wildman–Crippen LogP) is 1.31. The summed E-state index contributed by atoms with van der Waals surface area (Å²) in [5, 5.41) is 28.7. The van der Waals surface area contributed by atoms with Crippen molar-refractivity contribution in [3.63, 3.8) is 0 Å². The topological polar surface area (TPSA) is 196 Å². The molecule has 4 bridgehead atoms. The fraction of sp³-hybridized carbons (Fsp3) is 0.350. The standard InChI is InChI=1S/C40H38Cl2F4N10O8/c1-49-4-8-51-18-53(10-5-49)55-16-24(34(58)35(59)31(55)39(51)63)38(62)48-14-22-28(44)20(12-26(42)30(22)46)15-50-6-9-52-19-54(11-7-50)56-17-23(33(57)36(60)32(56)40(52)64)37(61)47-13-21-27(43)3-2-25(41)29(21)45/h2-3,12,16-17,59-60H,4-11,13-15,18-19H2,1H3,(H,47,61)(H,48,62). The number of rotatable bonds is 8. The summed E-state index contributed by atoms with van der Waals surface area (Å²) in [5.74, 6) is -9.93. The number of halogens is 6. The molecule has 338 valence electrons. The van der Waals surface area contributed by atoms with Crippen LogP contribution >= 0.6 is 23.2 Å². The van der Waals surface area contributed by atoms with Gasteiger partial charge in [-0.2, -0.15) is 0 Å². The lowest BCUT2D eigenvalue weighted by atomic mass is 10.1. The van der Waals surface area contributed by atoms with Crippen LogP contribution in [0.1, 0.15) is 58.4 Å². The van der Waals surface area contributed by atoms with Crippen molar-refractivity contribution in [1.82, 2.24) is 39.6 Å². The molecule has 64 heavy (non-hydrogen) atoms. The van der Waals surface area contributed by atoms with Gasteiger partial charge in [-0.15, -0.1) is 0 Å². The number of likely N-dealkylation sites (N-methyl/N-ethyl adjacent to an activating group) is 1. The van der Waals surface area contributed by atoms with E-state index in [1.165, 1.54) is 19.5 Å². The monoisotopic (exact) mass is 932 g/mol. The highest BCUT2D eigenvalue weighted by atomic mass is 35.5. The maximum absolute atomic E-state index is 16.2. The van der Waals surface area contributed by atoms with Gasteiger partial charge < -0.3 is 35.5 Å². The third kappa shape index (κ3) is 7.94. The van der Waals surface area contributed by atoms with Gasteiger partial charge in [0.05, 0.1) is 10.0 Å². The number of nitrogens with zero attached hydrogens (tertiary/aromatic N) is 8. The van der Waals surface area contributed by atoms with Crippen LogP contribution in [0.4, 0.5) is 17.6 Å². The SMILES string of the molecule is CN1CCN2CN(CC1)n1cc(C(=O)NCc3c(F)c(Cl)cc(CN4CCN5CN(CC4)n4cc(C(=O)NCc6c(F)ccc(Cl)c6F)c(=O)c(O)c4C5=O)c3F)c(=O)c(O)c1C2=O. The average Bonchev–Trinajstić information content (AvgIpc) is 3.25. The zero-order valence-corrected chi connectivity index (χ0v) is 35.3. The number of aromatic nitrogens is 2. The Hall–Kier alpha value is -6.36. The van der Waals surface area contributed by atoms with Crippen molar-refractivity contribution in [2.75, 3.05) is 82.8 Å². The van der Waals surface area contributed by atoms with Crippen molar-refractivity contribution in [1.29, 1.82) is 0 Å². The summed E-state index contributed by atoms with van der Waals surface area (Å²) in [6.07, 6.45) is 2.12. The molecular formula is C40H38Cl2F4N10O8. The summed E-state index contributed by atoms with van der Waals surface area (Å²) in [4.78, 5) is 86.3. The molecule has 18 nitrogen and oxygen atoms in total. The Bertz CT molecular complexity index is 2780. The lowest BCUT2D eigenvalue weighted by molar-refractivity contribution is 0.0625. The molecule has 4 N–H and O–H groups in total. The number of amides is 4. The number of hydrogen-bond acceptors (Lipinski definition) is 12. The van der Waals surface area contributed by atoms with E-state index in [0.717, 1.165) is 35.3 Å². The van der Waals surface area contributed by atoms with Gasteiger partial charge in [0.2, 0.25) is 10.9 Å². The summed E-state index contributed by atoms with van der Waals surface area (Å²) >= 11 is 12.0. The molecule has 0 atom stereocenters. The lowest BCUT2D eigenvalue weighted by Crippen LogP contribution is -2.59. The quantitative estimate of drug-likeness (QED) is 0.146. The van der Waals surface area contributed by atoms with Crippen molar-refractivity contribution in [3.8, 4) is 11.5 Å². The second-order valence-electron chi connectivity index (χ2n) is 15.6. The first-order valence-electron chi connectivity index (χ1n) is 19.8. The number of benzene rings is 2. The van der Waals surface area contributed by atoms with E-state index in [-0.39, 0.29) is 57.3 Å². The first-order valence-corrected chi connectivity index (χ1v) is 20.5. The molecule has 24 heteroatoms. The van der Waals surface area contributed by atoms with Crippen molar-refractivity contribution in [2.24, 2.45) is 0 Å². The Morgan fingerprint density at radius 1 is 0.656 bits per heavy atom. The van der Waals surface area contributed by atoms with Crippen molar-refractivity contribution in [2.45, 2.75) is 19.6 Å². The van der Waals surface area contributed by atoms with Gasteiger partial charge in [0.25, 0.3) is 23.6 Å². The minimum absolute atomic E-state index is 0.00233. The molecule has 0 radical (unpaired) electrons. The molecular weight excluding hydrogens is 895 g/mol. The van der Waals surface area contributed by atoms with Crippen LogP contribution in [0.2, 0.25) is 10.0 Å². The van der Waals surface area contributed by atoms with Crippen LogP contribution < -0.4 is 31.5 Å². The minimum Gasteiger partial charge on any atom is -0.502 e. The van der Waals surface area contributed by atoms with Gasteiger partial charge in [-0.05, 0) is 25.2 Å². The third-order valence-corrected chi connectivity index (χ3v) is 12.2. The van der Waals surface area contributed by atoms with E-state index >= 15 is 8.78 Å².